The second-order valence-electron chi connectivity index (χ2n) is 5.14. The van der Waals surface area contributed by atoms with Gasteiger partial charge in [0.2, 0.25) is 0 Å². The number of rotatable bonds is 2. The standard InChI is InChI=1S/C14H18BrNO2/c1-8-12-9(7-14(2,3)16-8)13(15)11(18-5)6-10(12)17-4/h6H,7H2,1-5H3. The van der Waals surface area contributed by atoms with Crippen molar-refractivity contribution < 1.29 is 9.47 Å². The zero-order chi connectivity index (χ0) is 13.5. The highest BCUT2D eigenvalue weighted by atomic mass is 79.9. The van der Waals surface area contributed by atoms with E-state index in [1.165, 1.54) is 5.56 Å². The van der Waals surface area contributed by atoms with Crippen molar-refractivity contribution in [3.05, 3.63) is 21.7 Å². The Hall–Kier alpha value is -1.03. The minimum absolute atomic E-state index is 0.0863. The van der Waals surface area contributed by atoms with Crippen LogP contribution in [0.2, 0.25) is 0 Å². The molecule has 3 nitrogen and oxygen atoms in total. The molecular formula is C14H18BrNO2. The molecule has 1 aromatic rings. The lowest BCUT2D eigenvalue weighted by molar-refractivity contribution is 0.388. The summed E-state index contributed by atoms with van der Waals surface area (Å²) in [5, 5.41) is 0. The average Bonchev–Trinajstić information content (AvgIpc) is 2.29. The van der Waals surface area contributed by atoms with Crippen LogP contribution in [0.15, 0.2) is 15.5 Å². The van der Waals surface area contributed by atoms with Gasteiger partial charge >= 0.3 is 0 Å². The summed E-state index contributed by atoms with van der Waals surface area (Å²) < 4.78 is 11.9. The van der Waals surface area contributed by atoms with E-state index in [0.29, 0.717) is 0 Å². The first-order valence-corrected chi connectivity index (χ1v) is 6.69. The molecule has 98 valence electrons. The Kier molecular flexibility index (Phi) is 3.41. The van der Waals surface area contributed by atoms with Crippen molar-refractivity contribution >= 4 is 21.6 Å². The summed E-state index contributed by atoms with van der Waals surface area (Å²) in [5.41, 5.74) is 3.23. The summed E-state index contributed by atoms with van der Waals surface area (Å²) in [6.45, 7) is 6.30. The van der Waals surface area contributed by atoms with Crippen LogP contribution in [0.4, 0.5) is 0 Å². The molecule has 1 aliphatic heterocycles. The topological polar surface area (TPSA) is 30.8 Å². The smallest absolute Gasteiger partial charge is 0.137 e. The summed E-state index contributed by atoms with van der Waals surface area (Å²) in [4.78, 5) is 4.74. The summed E-state index contributed by atoms with van der Waals surface area (Å²) in [5.74, 6) is 1.62. The Morgan fingerprint density at radius 2 is 1.83 bits per heavy atom. The molecule has 4 heteroatoms. The van der Waals surface area contributed by atoms with E-state index in [4.69, 9.17) is 14.5 Å². The van der Waals surface area contributed by atoms with Crippen LogP contribution in [0.5, 0.6) is 11.5 Å². The van der Waals surface area contributed by atoms with Gasteiger partial charge in [-0.05, 0) is 48.7 Å². The summed E-state index contributed by atoms with van der Waals surface area (Å²) in [6.07, 6.45) is 0.869. The van der Waals surface area contributed by atoms with Gasteiger partial charge in [0.15, 0.2) is 0 Å². The normalized spacial score (nSPS) is 16.9. The number of hydrogen-bond donors (Lipinski definition) is 0. The number of hydrogen-bond acceptors (Lipinski definition) is 3. The molecule has 1 heterocycles. The first-order chi connectivity index (χ1) is 8.39. The zero-order valence-electron chi connectivity index (χ0n) is 11.4. The van der Waals surface area contributed by atoms with Crippen molar-refractivity contribution in [2.75, 3.05) is 14.2 Å². The highest BCUT2D eigenvalue weighted by Gasteiger charge is 2.30. The maximum absolute atomic E-state index is 5.47. The number of methoxy groups -OCH3 is 2. The zero-order valence-corrected chi connectivity index (χ0v) is 13.0. The molecule has 0 atom stereocenters. The predicted molar refractivity (Wildman–Crippen MR) is 77.2 cm³/mol. The largest absolute Gasteiger partial charge is 0.496 e. The van der Waals surface area contributed by atoms with Crippen molar-refractivity contribution in [1.29, 1.82) is 0 Å². The Morgan fingerprint density at radius 1 is 1.22 bits per heavy atom. The first kappa shape index (κ1) is 13.4. The van der Waals surface area contributed by atoms with E-state index in [1.807, 2.05) is 13.0 Å². The van der Waals surface area contributed by atoms with Gasteiger partial charge in [-0.2, -0.15) is 0 Å². The molecule has 1 aliphatic rings. The van der Waals surface area contributed by atoms with Crippen LogP contribution in [-0.4, -0.2) is 25.5 Å². The number of nitrogens with zero attached hydrogens (tertiary/aromatic N) is 1. The van der Waals surface area contributed by atoms with Gasteiger partial charge < -0.3 is 9.47 Å². The number of aliphatic imine (C=N–C) groups is 1. The highest BCUT2D eigenvalue weighted by Crippen LogP contribution is 2.42. The number of fused-ring (bicyclic) bond motifs is 1. The summed E-state index contributed by atoms with van der Waals surface area (Å²) in [6, 6.07) is 1.90. The molecule has 0 fully saturated rings. The minimum Gasteiger partial charge on any atom is -0.496 e. The molecule has 0 aromatic heterocycles. The van der Waals surface area contributed by atoms with Gasteiger partial charge in [-0.15, -0.1) is 0 Å². The second-order valence-corrected chi connectivity index (χ2v) is 5.93. The number of halogens is 1. The van der Waals surface area contributed by atoms with Crippen LogP contribution in [0.1, 0.15) is 31.9 Å². The third-order valence-corrected chi connectivity index (χ3v) is 4.04. The van der Waals surface area contributed by atoms with E-state index in [1.54, 1.807) is 14.2 Å². The van der Waals surface area contributed by atoms with Gasteiger partial charge in [-0.1, -0.05) is 0 Å². The SMILES string of the molecule is COc1cc(OC)c2c(c1Br)CC(C)(C)N=C2C. The van der Waals surface area contributed by atoms with Gasteiger partial charge in [0.25, 0.3) is 0 Å². The van der Waals surface area contributed by atoms with Crippen molar-refractivity contribution in [3.63, 3.8) is 0 Å². The number of benzene rings is 1. The third kappa shape index (κ3) is 2.14. The highest BCUT2D eigenvalue weighted by molar-refractivity contribution is 9.10. The monoisotopic (exact) mass is 311 g/mol. The maximum Gasteiger partial charge on any atom is 0.137 e. The van der Waals surface area contributed by atoms with Crippen LogP contribution in [0.3, 0.4) is 0 Å². The lowest BCUT2D eigenvalue weighted by Gasteiger charge is -2.30. The van der Waals surface area contributed by atoms with E-state index in [2.05, 4.69) is 29.8 Å². The molecule has 0 unspecified atom stereocenters. The molecule has 0 saturated heterocycles. The quantitative estimate of drug-likeness (QED) is 0.835. The molecule has 1 aromatic carbocycles. The van der Waals surface area contributed by atoms with E-state index >= 15 is 0 Å². The van der Waals surface area contributed by atoms with Crippen LogP contribution in [0.25, 0.3) is 0 Å². The third-order valence-electron chi connectivity index (χ3n) is 3.17. The van der Waals surface area contributed by atoms with E-state index in [-0.39, 0.29) is 5.54 Å². The van der Waals surface area contributed by atoms with Crippen LogP contribution >= 0.6 is 15.9 Å². The summed E-state index contributed by atoms with van der Waals surface area (Å²) >= 11 is 3.63. The first-order valence-electron chi connectivity index (χ1n) is 5.90. The molecular weight excluding hydrogens is 294 g/mol. The van der Waals surface area contributed by atoms with E-state index < -0.39 is 0 Å². The fraction of sp³-hybridized carbons (Fsp3) is 0.500. The van der Waals surface area contributed by atoms with Gasteiger partial charge in [-0.25, -0.2) is 0 Å². The molecule has 0 bridgehead atoms. The molecule has 0 spiro atoms. The fourth-order valence-electron chi connectivity index (χ4n) is 2.52. The van der Waals surface area contributed by atoms with Crippen molar-refractivity contribution in [2.45, 2.75) is 32.7 Å². The summed E-state index contributed by atoms with van der Waals surface area (Å²) in [7, 11) is 3.34. The Labute approximate surface area is 116 Å². The van der Waals surface area contributed by atoms with Crippen LogP contribution in [-0.2, 0) is 6.42 Å². The van der Waals surface area contributed by atoms with Crippen molar-refractivity contribution in [3.8, 4) is 11.5 Å². The Bertz CT molecular complexity index is 521. The maximum atomic E-state index is 5.47. The lowest BCUT2D eigenvalue weighted by atomic mass is 9.86. The molecule has 0 N–H and O–H groups in total. The lowest BCUT2D eigenvalue weighted by Crippen LogP contribution is -2.28. The van der Waals surface area contributed by atoms with Crippen molar-refractivity contribution in [1.82, 2.24) is 0 Å². The van der Waals surface area contributed by atoms with Crippen LogP contribution < -0.4 is 9.47 Å². The molecule has 0 aliphatic carbocycles. The molecule has 18 heavy (non-hydrogen) atoms. The van der Waals surface area contributed by atoms with Crippen molar-refractivity contribution in [2.24, 2.45) is 4.99 Å². The van der Waals surface area contributed by atoms with Gasteiger partial charge in [0.1, 0.15) is 11.5 Å². The fourth-order valence-corrected chi connectivity index (χ4v) is 3.13. The molecule has 0 saturated carbocycles. The molecule has 0 radical (unpaired) electrons. The average molecular weight is 312 g/mol. The van der Waals surface area contributed by atoms with Gasteiger partial charge in [0, 0.05) is 17.3 Å². The van der Waals surface area contributed by atoms with Gasteiger partial charge in [-0.3, -0.25) is 4.99 Å². The minimum atomic E-state index is -0.0863. The predicted octanol–water partition coefficient (Wildman–Crippen LogP) is 3.61. The molecule has 2 rings (SSSR count). The van der Waals surface area contributed by atoms with E-state index in [9.17, 15) is 0 Å². The second kappa shape index (κ2) is 4.57. The van der Waals surface area contributed by atoms with Crippen LogP contribution in [0, 0.1) is 0 Å². The van der Waals surface area contributed by atoms with Gasteiger partial charge in [0.05, 0.1) is 24.2 Å². The molecule has 0 amide bonds. The van der Waals surface area contributed by atoms with E-state index in [0.717, 1.165) is 33.7 Å². The Balaban J connectivity index is 2.73. The number of ether oxygens (including phenoxy) is 2. The Morgan fingerprint density at radius 3 is 2.39 bits per heavy atom.